The zero-order valence-electron chi connectivity index (χ0n) is 12.0. The second-order valence-electron chi connectivity index (χ2n) is 5.01. The Bertz CT molecular complexity index is 155. The molecule has 0 aliphatic rings. The summed E-state index contributed by atoms with van der Waals surface area (Å²) in [6, 6.07) is 0. The van der Waals surface area contributed by atoms with Crippen molar-refractivity contribution in [2.75, 3.05) is 33.0 Å². The normalized spacial score (nSPS) is 13.2. The van der Waals surface area contributed by atoms with Crippen molar-refractivity contribution in [2.24, 2.45) is 0 Å². The molecular formula is C14H31NOS. The summed E-state index contributed by atoms with van der Waals surface area (Å²) in [6.45, 7) is 4.36. The summed E-state index contributed by atoms with van der Waals surface area (Å²) in [5.74, 6) is 1.04. The topological polar surface area (TPSA) is 12.5 Å². The third-order valence-corrected chi connectivity index (χ3v) is 3.49. The van der Waals surface area contributed by atoms with E-state index in [2.05, 4.69) is 31.5 Å². The molecule has 3 heteroatoms. The molecule has 0 bridgehead atoms. The second-order valence-corrected chi connectivity index (χ2v) is 5.45. The summed E-state index contributed by atoms with van der Waals surface area (Å²) in [7, 11) is 3.96. The van der Waals surface area contributed by atoms with Crippen LogP contribution in [0.5, 0.6) is 0 Å². The highest BCUT2D eigenvalue weighted by atomic mass is 32.1. The number of methoxy groups -OCH3 is 1. The maximum absolute atomic E-state index is 5.26. The Balaban J connectivity index is 3.16. The van der Waals surface area contributed by atoms with Crippen LogP contribution < -0.4 is 0 Å². The predicted octanol–water partition coefficient (Wildman–Crippen LogP) is 3.61. The van der Waals surface area contributed by atoms with Crippen molar-refractivity contribution in [3.63, 3.8) is 0 Å². The van der Waals surface area contributed by atoms with Crippen molar-refractivity contribution < 1.29 is 4.74 Å². The van der Waals surface area contributed by atoms with Gasteiger partial charge in [-0.1, -0.05) is 32.1 Å². The number of likely N-dealkylation sites (N-methyl/N-ethyl adjacent to an activating group) is 1. The van der Waals surface area contributed by atoms with E-state index in [1.807, 2.05) is 0 Å². The largest absolute Gasteiger partial charge is 0.380 e. The van der Waals surface area contributed by atoms with Gasteiger partial charge in [-0.05, 0) is 39.1 Å². The number of hydrogen-bond acceptors (Lipinski definition) is 3. The summed E-state index contributed by atoms with van der Waals surface area (Å²) < 4.78 is 5.26. The number of ether oxygens (including phenoxy) is 1. The maximum Gasteiger partial charge on any atom is 0.0669 e. The summed E-state index contributed by atoms with van der Waals surface area (Å²) >= 11 is 4.22. The number of nitrogens with zero attached hydrogens (tertiary/aromatic N) is 1. The van der Waals surface area contributed by atoms with E-state index in [9.17, 15) is 0 Å². The van der Waals surface area contributed by atoms with Gasteiger partial charge in [-0.3, -0.25) is 0 Å². The van der Waals surface area contributed by atoms with Gasteiger partial charge in [-0.2, -0.15) is 12.6 Å². The third kappa shape index (κ3) is 12.5. The fourth-order valence-corrected chi connectivity index (χ4v) is 2.21. The van der Waals surface area contributed by atoms with Gasteiger partial charge in [0.1, 0.15) is 0 Å². The molecule has 104 valence electrons. The summed E-state index contributed by atoms with van der Waals surface area (Å²) in [5, 5.41) is 0. The lowest BCUT2D eigenvalue weighted by Gasteiger charge is -2.20. The van der Waals surface area contributed by atoms with E-state index in [1.54, 1.807) is 7.11 Å². The van der Waals surface area contributed by atoms with Gasteiger partial charge >= 0.3 is 0 Å². The number of hydrogen-bond donors (Lipinski definition) is 1. The molecule has 0 aliphatic carbocycles. The lowest BCUT2D eigenvalue weighted by molar-refractivity contribution is 0.0852. The van der Waals surface area contributed by atoms with E-state index in [0.717, 1.165) is 12.3 Å². The monoisotopic (exact) mass is 261 g/mol. The minimum Gasteiger partial charge on any atom is -0.380 e. The highest BCUT2D eigenvalue weighted by Crippen LogP contribution is 2.08. The molecular weight excluding hydrogens is 230 g/mol. The van der Waals surface area contributed by atoms with Crippen LogP contribution in [0.4, 0.5) is 0 Å². The van der Waals surface area contributed by atoms with E-state index < -0.39 is 0 Å². The maximum atomic E-state index is 5.26. The molecule has 0 amide bonds. The van der Waals surface area contributed by atoms with E-state index in [1.165, 1.54) is 51.5 Å². The van der Waals surface area contributed by atoms with E-state index in [0.29, 0.717) is 6.10 Å². The molecule has 0 N–H and O–H groups in total. The Morgan fingerprint density at radius 3 is 2.06 bits per heavy atom. The molecule has 0 rings (SSSR count). The van der Waals surface area contributed by atoms with Crippen LogP contribution in [0.2, 0.25) is 0 Å². The molecule has 0 heterocycles. The van der Waals surface area contributed by atoms with Crippen LogP contribution in [0, 0.1) is 0 Å². The van der Waals surface area contributed by atoms with Gasteiger partial charge in [0, 0.05) is 13.7 Å². The molecule has 0 aromatic rings. The first-order valence-corrected chi connectivity index (χ1v) is 7.66. The Hall–Kier alpha value is 0.270. The van der Waals surface area contributed by atoms with Crippen molar-refractivity contribution in [3.8, 4) is 0 Å². The van der Waals surface area contributed by atoms with Gasteiger partial charge in [-0.25, -0.2) is 0 Å². The van der Waals surface area contributed by atoms with Crippen molar-refractivity contribution in [2.45, 2.75) is 58.0 Å². The first-order chi connectivity index (χ1) is 8.20. The number of unbranched alkanes of at least 4 members (excludes halogenated alkanes) is 6. The van der Waals surface area contributed by atoms with Gasteiger partial charge in [0.15, 0.2) is 0 Å². The Morgan fingerprint density at radius 2 is 1.53 bits per heavy atom. The molecule has 2 nitrogen and oxygen atoms in total. The molecule has 0 spiro atoms. The van der Waals surface area contributed by atoms with Crippen LogP contribution in [-0.2, 0) is 4.74 Å². The quantitative estimate of drug-likeness (QED) is 0.425. The van der Waals surface area contributed by atoms with Crippen LogP contribution in [-0.4, -0.2) is 44.0 Å². The fraction of sp³-hybridized carbons (Fsp3) is 1.00. The molecule has 0 aromatic heterocycles. The molecule has 17 heavy (non-hydrogen) atoms. The first-order valence-electron chi connectivity index (χ1n) is 7.03. The Labute approximate surface area is 114 Å². The van der Waals surface area contributed by atoms with Crippen molar-refractivity contribution >= 4 is 12.6 Å². The van der Waals surface area contributed by atoms with Gasteiger partial charge in [-0.15, -0.1) is 0 Å². The van der Waals surface area contributed by atoms with E-state index in [-0.39, 0.29) is 0 Å². The lowest BCUT2D eigenvalue weighted by Crippen LogP contribution is -2.29. The van der Waals surface area contributed by atoms with Crippen molar-refractivity contribution in [1.29, 1.82) is 0 Å². The van der Waals surface area contributed by atoms with Crippen LogP contribution in [0.1, 0.15) is 51.9 Å². The van der Waals surface area contributed by atoms with E-state index in [4.69, 9.17) is 4.74 Å². The lowest BCUT2D eigenvalue weighted by atomic mass is 10.1. The SMILES string of the molecule is COC(C)CN(C)CCCCCCCCCS. The second kappa shape index (κ2) is 12.7. The third-order valence-electron chi connectivity index (χ3n) is 3.17. The van der Waals surface area contributed by atoms with Crippen LogP contribution in [0.25, 0.3) is 0 Å². The molecule has 0 fully saturated rings. The van der Waals surface area contributed by atoms with E-state index >= 15 is 0 Å². The predicted molar refractivity (Wildman–Crippen MR) is 80.1 cm³/mol. The average molecular weight is 261 g/mol. The first kappa shape index (κ1) is 17.3. The van der Waals surface area contributed by atoms with Gasteiger partial charge in [0.2, 0.25) is 0 Å². The average Bonchev–Trinajstić information content (AvgIpc) is 2.32. The number of rotatable bonds is 12. The summed E-state index contributed by atoms with van der Waals surface area (Å²) in [6.07, 6.45) is 9.84. The van der Waals surface area contributed by atoms with Gasteiger partial charge in [0.05, 0.1) is 6.10 Å². The summed E-state index contributed by atoms with van der Waals surface area (Å²) in [5.41, 5.74) is 0. The molecule has 0 saturated carbocycles. The van der Waals surface area contributed by atoms with Crippen LogP contribution in [0.15, 0.2) is 0 Å². The van der Waals surface area contributed by atoms with Gasteiger partial charge < -0.3 is 9.64 Å². The highest BCUT2D eigenvalue weighted by molar-refractivity contribution is 7.80. The van der Waals surface area contributed by atoms with Crippen molar-refractivity contribution in [1.82, 2.24) is 4.90 Å². The van der Waals surface area contributed by atoms with Crippen LogP contribution >= 0.6 is 12.6 Å². The smallest absolute Gasteiger partial charge is 0.0669 e. The molecule has 0 aliphatic heterocycles. The van der Waals surface area contributed by atoms with Crippen LogP contribution in [0.3, 0.4) is 0 Å². The van der Waals surface area contributed by atoms with Crippen molar-refractivity contribution in [3.05, 3.63) is 0 Å². The minimum absolute atomic E-state index is 0.348. The van der Waals surface area contributed by atoms with Gasteiger partial charge in [0.25, 0.3) is 0 Å². The highest BCUT2D eigenvalue weighted by Gasteiger charge is 2.04. The fourth-order valence-electron chi connectivity index (χ4n) is 1.98. The standard InChI is InChI=1S/C14H31NOS/c1-14(16-3)13-15(2)11-9-7-5-4-6-8-10-12-17/h14,17H,4-13H2,1-3H3. The zero-order chi connectivity index (χ0) is 12.9. The Kier molecular flexibility index (Phi) is 12.9. The molecule has 1 atom stereocenters. The number of thiol groups is 1. The Morgan fingerprint density at radius 1 is 1.00 bits per heavy atom. The molecule has 0 radical (unpaired) electrons. The molecule has 1 unspecified atom stereocenters. The molecule has 0 aromatic carbocycles. The minimum atomic E-state index is 0.348. The summed E-state index contributed by atoms with van der Waals surface area (Å²) in [4.78, 5) is 2.37. The molecule has 0 saturated heterocycles. The zero-order valence-corrected chi connectivity index (χ0v) is 12.8.